The molecule has 150 valence electrons. The number of carbonyl (C=O) groups excluding carboxylic acids is 1. The molecule has 0 bridgehead atoms. The SMILES string of the molecule is NC(=O)c1cc(NCC(O)CO)nc(-c2ccc(Oc3ccc(F)cc3)cc2)n1. The largest absolute Gasteiger partial charge is 0.457 e. The molecule has 0 radical (unpaired) electrons. The van der Waals surface area contributed by atoms with Gasteiger partial charge in [-0.3, -0.25) is 4.79 Å². The van der Waals surface area contributed by atoms with Gasteiger partial charge in [0.2, 0.25) is 0 Å². The molecule has 0 aliphatic carbocycles. The first kappa shape index (κ1) is 20.2. The minimum absolute atomic E-state index is 0.00243. The molecule has 0 saturated heterocycles. The Morgan fingerprint density at radius 2 is 1.72 bits per heavy atom. The molecule has 8 nitrogen and oxygen atoms in total. The molecule has 2 aromatic carbocycles. The Kier molecular flexibility index (Phi) is 6.32. The summed E-state index contributed by atoms with van der Waals surface area (Å²) in [6.07, 6.45) is -0.978. The number of ether oxygens (including phenoxy) is 1. The number of aromatic nitrogens is 2. The van der Waals surface area contributed by atoms with E-state index >= 15 is 0 Å². The Morgan fingerprint density at radius 3 is 2.31 bits per heavy atom. The van der Waals surface area contributed by atoms with Crippen LogP contribution >= 0.6 is 0 Å². The number of anilines is 1. The normalized spacial score (nSPS) is 11.7. The second-order valence-corrected chi connectivity index (χ2v) is 6.12. The van der Waals surface area contributed by atoms with Crippen LogP contribution in [0, 0.1) is 5.82 Å². The van der Waals surface area contributed by atoms with E-state index in [0.717, 1.165) is 0 Å². The van der Waals surface area contributed by atoms with Gasteiger partial charge in [-0.25, -0.2) is 14.4 Å². The van der Waals surface area contributed by atoms with Crippen molar-refractivity contribution in [2.45, 2.75) is 6.10 Å². The third-order valence-electron chi connectivity index (χ3n) is 3.87. The standard InChI is InChI=1S/C20H19FN4O4/c21-13-3-7-16(8-4-13)29-15-5-1-12(2-6-15)20-24-17(19(22)28)9-18(25-20)23-10-14(27)11-26/h1-9,14,26-27H,10-11H2,(H2,22,28)(H,23,24,25). The summed E-state index contributed by atoms with van der Waals surface area (Å²) < 4.78 is 18.6. The van der Waals surface area contributed by atoms with E-state index in [9.17, 15) is 14.3 Å². The van der Waals surface area contributed by atoms with E-state index in [1.807, 2.05) is 0 Å². The third kappa shape index (κ3) is 5.47. The number of benzene rings is 2. The molecule has 3 rings (SSSR count). The van der Waals surface area contributed by atoms with E-state index in [1.165, 1.54) is 30.3 Å². The molecule has 0 spiro atoms. The summed E-state index contributed by atoms with van der Waals surface area (Å²) in [7, 11) is 0. The molecule has 1 unspecified atom stereocenters. The van der Waals surface area contributed by atoms with Crippen LogP contribution in [0.5, 0.6) is 11.5 Å². The number of aliphatic hydroxyl groups excluding tert-OH is 2. The molecular weight excluding hydrogens is 379 g/mol. The van der Waals surface area contributed by atoms with E-state index in [-0.39, 0.29) is 29.7 Å². The number of rotatable bonds is 8. The van der Waals surface area contributed by atoms with Crippen LogP contribution in [0.4, 0.5) is 10.2 Å². The zero-order valence-corrected chi connectivity index (χ0v) is 15.2. The van der Waals surface area contributed by atoms with E-state index < -0.39 is 18.6 Å². The summed E-state index contributed by atoms with van der Waals surface area (Å²) in [6, 6.07) is 13.8. The van der Waals surface area contributed by atoms with Crippen molar-refractivity contribution in [3.8, 4) is 22.9 Å². The van der Waals surface area contributed by atoms with E-state index in [2.05, 4.69) is 15.3 Å². The first-order valence-corrected chi connectivity index (χ1v) is 8.70. The van der Waals surface area contributed by atoms with Gasteiger partial charge in [-0.15, -0.1) is 0 Å². The molecule has 29 heavy (non-hydrogen) atoms. The van der Waals surface area contributed by atoms with Gasteiger partial charge in [0.1, 0.15) is 28.8 Å². The second-order valence-electron chi connectivity index (χ2n) is 6.12. The monoisotopic (exact) mass is 398 g/mol. The molecule has 1 atom stereocenters. The Bertz CT molecular complexity index is 981. The van der Waals surface area contributed by atoms with Gasteiger partial charge in [0.05, 0.1) is 12.7 Å². The minimum atomic E-state index is -0.978. The summed E-state index contributed by atoms with van der Waals surface area (Å²) in [5.74, 6) is 0.459. The summed E-state index contributed by atoms with van der Waals surface area (Å²) in [4.78, 5) is 20.0. The maximum Gasteiger partial charge on any atom is 0.267 e. The van der Waals surface area contributed by atoms with Crippen LogP contribution in [0.3, 0.4) is 0 Å². The maximum absolute atomic E-state index is 13.0. The predicted molar refractivity (Wildman–Crippen MR) is 104 cm³/mol. The molecule has 0 fully saturated rings. The highest BCUT2D eigenvalue weighted by molar-refractivity contribution is 5.92. The van der Waals surface area contributed by atoms with Crippen LogP contribution in [0.1, 0.15) is 10.5 Å². The fourth-order valence-corrected chi connectivity index (χ4v) is 2.39. The van der Waals surface area contributed by atoms with Crippen molar-refractivity contribution in [2.75, 3.05) is 18.5 Å². The number of amides is 1. The van der Waals surface area contributed by atoms with Crippen LogP contribution < -0.4 is 15.8 Å². The Morgan fingerprint density at radius 1 is 1.10 bits per heavy atom. The fourth-order valence-electron chi connectivity index (χ4n) is 2.39. The quantitative estimate of drug-likeness (QED) is 0.456. The topological polar surface area (TPSA) is 131 Å². The lowest BCUT2D eigenvalue weighted by Gasteiger charge is -2.12. The van der Waals surface area contributed by atoms with Gasteiger partial charge in [0, 0.05) is 18.2 Å². The third-order valence-corrected chi connectivity index (χ3v) is 3.87. The van der Waals surface area contributed by atoms with Crippen molar-refractivity contribution in [1.82, 2.24) is 9.97 Å². The number of nitrogens with zero attached hydrogens (tertiary/aromatic N) is 2. The lowest BCUT2D eigenvalue weighted by molar-refractivity contribution is 0.0995. The first-order valence-electron chi connectivity index (χ1n) is 8.70. The van der Waals surface area contributed by atoms with Crippen molar-refractivity contribution in [3.05, 3.63) is 66.1 Å². The molecule has 0 saturated carbocycles. The molecule has 9 heteroatoms. The number of nitrogens with one attached hydrogen (secondary N) is 1. The number of hydrogen-bond acceptors (Lipinski definition) is 7. The highest BCUT2D eigenvalue weighted by Gasteiger charge is 2.12. The van der Waals surface area contributed by atoms with Crippen LogP contribution in [0.15, 0.2) is 54.6 Å². The molecule has 1 heterocycles. The van der Waals surface area contributed by atoms with Gasteiger partial charge in [0.15, 0.2) is 5.82 Å². The highest BCUT2D eigenvalue weighted by atomic mass is 19.1. The van der Waals surface area contributed by atoms with E-state index in [4.69, 9.17) is 15.6 Å². The average Bonchev–Trinajstić information content (AvgIpc) is 2.74. The predicted octanol–water partition coefficient (Wildman–Crippen LogP) is 1.94. The molecule has 1 aromatic heterocycles. The van der Waals surface area contributed by atoms with Gasteiger partial charge in [0.25, 0.3) is 5.91 Å². The summed E-state index contributed by atoms with van der Waals surface area (Å²) in [6.45, 7) is -0.376. The molecular formula is C20H19FN4O4. The molecule has 5 N–H and O–H groups in total. The summed E-state index contributed by atoms with van der Waals surface area (Å²) >= 11 is 0. The lowest BCUT2D eigenvalue weighted by Crippen LogP contribution is -2.24. The maximum atomic E-state index is 13.0. The summed E-state index contributed by atoms with van der Waals surface area (Å²) in [5, 5.41) is 21.2. The second kappa shape index (κ2) is 9.09. The lowest BCUT2D eigenvalue weighted by atomic mass is 10.2. The van der Waals surface area contributed by atoms with Crippen LogP contribution in [0.2, 0.25) is 0 Å². The number of halogens is 1. The van der Waals surface area contributed by atoms with Crippen LogP contribution in [-0.4, -0.2) is 45.3 Å². The Hall–Kier alpha value is -3.56. The highest BCUT2D eigenvalue weighted by Crippen LogP contribution is 2.25. The zero-order chi connectivity index (χ0) is 20.8. The van der Waals surface area contributed by atoms with Crippen LogP contribution in [0.25, 0.3) is 11.4 Å². The van der Waals surface area contributed by atoms with Gasteiger partial charge in [-0.2, -0.15) is 0 Å². The first-order chi connectivity index (χ1) is 13.9. The number of nitrogens with two attached hydrogens (primary N) is 1. The van der Waals surface area contributed by atoms with Crippen LogP contribution in [-0.2, 0) is 0 Å². The van der Waals surface area contributed by atoms with E-state index in [0.29, 0.717) is 17.1 Å². The number of aliphatic hydroxyl groups is 2. The smallest absolute Gasteiger partial charge is 0.267 e. The zero-order valence-electron chi connectivity index (χ0n) is 15.2. The number of carbonyl (C=O) groups is 1. The molecule has 1 amide bonds. The van der Waals surface area contributed by atoms with Gasteiger partial charge in [-0.1, -0.05) is 0 Å². The molecule has 0 aliphatic heterocycles. The van der Waals surface area contributed by atoms with Crippen molar-refractivity contribution < 1.29 is 24.1 Å². The van der Waals surface area contributed by atoms with Crippen molar-refractivity contribution in [1.29, 1.82) is 0 Å². The van der Waals surface area contributed by atoms with Crippen molar-refractivity contribution >= 4 is 11.7 Å². The van der Waals surface area contributed by atoms with Crippen molar-refractivity contribution in [3.63, 3.8) is 0 Å². The van der Waals surface area contributed by atoms with Gasteiger partial charge < -0.3 is 26.0 Å². The van der Waals surface area contributed by atoms with Gasteiger partial charge in [-0.05, 0) is 48.5 Å². The molecule has 0 aliphatic rings. The average molecular weight is 398 g/mol. The summed E-state index contributed by atoms with van der Waals surface area (Å²) in [5.41, 5.74) is 5.94. The number of primary amides is 1. The van der Waals surface area contributed by atoms with E-state index in [1.54, 1.807) is 24.3 Å². The Balaban J connectivity index is 1.81. The molecule has 3 aromatic rings. The van der Waals surface area contributed by atoms with Crippen molar-refractivity contribution in [2.24, 2.45) is 5.73 Å². The fraction of sp³-hybridized carbons (Fsp3) is 0.150. The van der Waals surface area contributed by atoms with Gasteiger partial charge >= 0.3 is 0 Å². The Labute approximate surface area is 165 Å². The minimum Gasteiger partial charge on any atom is -0.457 e. The number of hydrogen-bond donors (Lipinski definition) is 4.